The molecule has 3 atom stereocenters. The minimum Gasteiger partial charge on any atom is -0.378 e. The molecule has 0 radical (unpaired) electrons. The normalized spacial score (nSPS) is 25.4. The van der Waals surface area contributed by atoms with Crippen LogP contribution in [0.3, 0.4) is 0 Å². The van der Waals surface area contributed by atoms with E-state index in [0.717, 1.165) is 43.1 Å². The van der Waals surface area contributed by atoms with Crippen molar-refractivity contribution >= 4 is 17.4 Å². The minimum absolute atomic E-state index is 0.0592. The number of piperidine rings is 1. The molecule has 2 fully saturated rings. The van der Waals surface area contributed by atoms with Crippen molar-refractivity contribution in [3.63, 3.8) is 0 Å². The molecular weight excluding hydrogens is 330 g/mol. The summed E-state index contributed by atoms with van der Waals surface area (Å²) in [6.45, 7) is 4.19. The molecule has 0 unspecified atom stereocenters. The fourth-order valence-corrected chi connectivity index (χ4v) is 3.96. The number of hydrogen-bond acceptors (Lipinski definition) is 6. The number of pyridine rings is 1. The maximum Gasteiger partial charge on any atom is 0.228 e. The molecule has 2 aromatic heterocycles. The number of nitrogens with zero attached hydrogens (tertiary/aromatic N) is 4. The molecule has 1 amide bonds. The van der Waals surface area contributed by atoms with E-state index in [-0.39, 0.29) is 23.8 Å². The van der Waals surface area contributed by atoms with E-state index in [0.29, 0.717) is 6.61 Å². The molecule has 4 heterocycles. The van der Waals surface area contributed by atoms with Gasteiger partial charge in [0, 0.05) is 43.9 Å². The zero-order valence-corrected chi connectivity index (χ0v) is 14.8. The Morgan fingerprint density at radius 2 is 2.19 bits per heavy atom. The number of fused-ring (bicyclic) bond motifs is 1. The number of hydrogen-bond donors (Lipinski definition) is 1. The monoisotopic (exact) mass is 353 g/mol. The van der Waals surface area contributed by atoms with Crippen molar-refractivity contribution in [2.24, 2.45) is 11.8 Å². The highest BCUT2D eigenvalue weighted by molar-refractivity contribution is 5.93. The van der Waals surface area contributed by atoms with E-state index in [9.17, 15) is 4.79 Å². The van der Waals surface area contributed by atoms with E-state index in [1.54, 1.807) is 18.7 Å². The van der Waals surface area contributed by atoms with Crippen molar-refractivity contribution < 1.29 is 9.53 Å². The number of amides is 1. The second-order valence-corrected chi connectivity index (χ2v) is 6.90. The largest absolute Gasteiger partial charge is 0.378 e. The van der Waals surface area contributed by atoms with Gasteiger partial charge in [0.25, 0.3) is 0 Å². The Kier molecular flexibility index (Phi) is 4.79. The van der Waals surface area contributed by atoms with Gasteiger partial charge in [-0.1, -0.05) is 0 Å². The van der Waals surface area contributed by atoms with Gasteiger partial charge in [0.1, 0.15) is 12.1 Å². The van der Waals surface area contributed by atoms with E-state index in [2.05, 4.69) is 25.2 Å². The van der Waals surface area contributed by atoms with Crippen LogP contribution in [0, 0.1) is 18.8 Å². The molecule has 0 saturated carbocycles. The van der Waals surface area contributed by atoms with Gasteiger partial charge in [0.05, 0.1) is 17.5 Å². The number of carbonyl (C=O) groups is 1. The van der Waals surface area contributed by atoms with E-state index in [1.807, 2.05) is 25.1 Å². The predicted octanol–water partition coefficient (Wildman–Crippen LogP) is 2.05. The highest BCUT2D eigenvalue weighted by Gasteiger charge is 2.42. The van der Waals surface area contributed by atoms with Crippen molar-refractivity contribution in [3.05, 3.63) is 42.6 Å². The topological polar surface area (TPSA) is 80.2 Å². The van der Waals surface area contributed by atoms with Gasteiger partial charge in [-0.05, 0) is 38.0 Å². The summed E-state index contributed by atoms with van der Waals surface area (Å²) in [7, 11) is 0. The van der Waals surface area contributed by atoms with Crippen molar-refractivity contribution in [3.8, 4) is 0 Å². The third-order valence-electron chi connectivity index (χ3n) is 5.36. The quantitative estimate of drug-likeness (QED) is 0.910. The van der Waals surface area contributed by atoms with E-state index in [4.69, 9.17) is 4.74 Å². The van der Waals surface area contributed by atoms with Crippen LogP contribution in [-0.4, -0.2) is 46.7 Å². The third kappa shape index (κ3) is 3.39. The van der Waals surface area contributed by atoms with Crippen molar-refractivity contribution in [1.29, 1.82) is 0 Å². The average molecular weight is 353 g/mol. The summed E-state index contributed by atoms with van der Waals surface area (Å²) in [6, 6.07) is 5.65. The molecule has 2 aliphatic rings. The lowest BCUT2D eigenvalue weighted by molar-refractivity contribution is -0.131. The minimum atomic E-state index is -0.0713. The first kappa shape index (κ1) is 16.9. The Hall–Kier alpha value is -2.54. The molecule has 26 heavy (non-hydrogen) atoms. The maximum absolute atomic E-state index is 13.0. The first-order valence-electron chi connectivity index (χ1n) is 9.07. The number of nitrogens with one attached hydrogen (secondary N) is 1. The second kappa shape index (κ2) is 7.37. The van der Waals surface area contributed by atoms with Gasteiger partial charge in [-0.2, -0.15) is 0 Å². The SMILES string of the molecule is Cc1ncccc1NC(=O)[C@@H]1CCO[C@@H]2CCN(c3ccncn3)C[C@H]21. The number of aryl methyl sites for hydroxylation is 1. The molecule has 136 valence electrons. The zero-order valence-electron chi connectivity index (χ0n) is 14.8. The second-order valence-electron chi connectivity index (χ2n) is 6.90. The van der Waals surface area contributed by atoms with Crippen molar-refractivity contribution in [2.45, 2.75) is 25.9 Å². The van der Waals surface area contributed by atoms with Crippen LogP contribution < -0.4 is 10.2 Å². The first-order valence-corrected chi connectivity index (χ1v) is 9.07. The van der Waals surface area contributed by atoms with Crippen LogP contribution in [-0.2, 0) is 9.53 Å². The zero-order chi connectivity index (χ0) is 17.9. The lowest BCUT2D eigenvalue weighted by Crippen LogP contribution is -2.52. The molecule has 7 heteroatoms. The highest BCUT2D eigenvalue weighted by atomic mass is 16.5. The van der Waals surface area contributed by atoms with Crippen molar-refractivity contribution in [2.75, 3.05) is 29.9 Å². The first-order chi connectivity index (χ1) is 12.7. The van der Waals surface area contributed by atoms with Gasteiger partial charge < -0.3 is 15.0 Å². The Morgan fingerprint density at radius 1 is 1.27 bits per heavy atom. The summed E-state index contributed by atoms with van der Waals surface area (Å²) >= 11 is 0. The Balaban J connectivity index is 1.50. The molecule has 4 rings (SSSR count). The number of aromatic nitrogens is 3. The molecule has 0 spiro atoms. The van der Waals surface area contributed by atoms with Crippen LogP contribution in [0.2, 0.25) is 0 Å². The summed E-state index contributed by atoms with van der Waals surface area (Å²) < 4.78 is 5.97. The Bertz CT molecular complexity index is 770. The van der Waals surface area contributed by atoms with E-state index in [1.165, 1.54) is 0 Å². The average Bonchev–Trinajstić information content (AvgIpc) is 2.69. The van der Waals surface area contributed by atoms with Gasteiger partial charge >= 0.3 is 0 Å². The predicted molar refractivity (Wildman–Crippen MR) is 97.8 cm³/mol. The number of carbonyl (C=O) groups excluding carboxylic acids is 1. The summed E-state index contributed by atoms with van der Waals surface area (Å²) in [5.74, 6) is 1.05. The summed E-state index contributed by atoms with van der Waals surface area (Å²) in [5.41, 5.74) is 1.61. The lowest BCUT2D eigenvalue weighted by atomic mass is 9.79. The maximum atomic E-state index is 13.0. The van der Waals surface area contributed by atoms with Crippen LogP contribution in [0.15, 0.2) is 36.9 Å². The van der Waals surface area contributed by atoms with E-state index < -0.39 is 0 Å². The number of anilines is 2. The summed E-state index contributed by atoms with van der Waals surface area (Å²) in [6.07, 6.45) is 6.83. The fourth-order valence-electron chi connectivity index (χ4n) is 3.96. The van der Waals surface area contributed by atoms with Gasteiger partial charge in [-0.15, -0.1) is 0 Å². The summed E-state index contributed by atoms with van der Waals surface area (Å²) in [5, 5.41) is 3.07. The Morgan fingerprint density at radius 3 is 3.00 bits per heavy atom. The van der Waals surface area contributed by atoms with Gasteiger partial charge in [0.2, 0.25) is 5.91 Å². The molecule has 2 aromatic rings. The third-order valence-corrected chi connectivity index (χ3v) is 5.36. The Labute approximate surface area is 152 Å². The number of rotatable bonds is 3. The van der Waals surface area contributed by atoms with Crippen LogP contribution in [0.5, 0.6) is 0 Å². The molecule has 1 N–H and O–H groups in total. The standard InChI is InChI=1S/C19H23N5O2/c1-13-16(3-2-7-21-13)23-19(25)14-6-10-26-17-5-9-24(11-15(14)17)18-4-8-20-12-22-18/h2-4,7-8,12,14-15,17H,5-6,9-11H2,1H3,(H,23,25)/t14-,15+,17-/m1/s1. The van der Waals surface area contributed by atoms with Gasteiger partial charge in [-0.3, -0.25) is 9.78 Å². The van der Waals surface area contributed by atoms with Crippen LogP contribution in [0.25, 0.3) is 0 Å². The van der Waals surface area contributed by atoms with Crippen LogP contribution in [0.1, 0.15) is 18.5 Å². The van der Waals surface area contributed by atoms with Crippen LogP contribution in [0.4, 0.5) is 11.5 Å². The molecule has 2 saturated heterocycles. The smallest absolute Gasteiger partial charge is 0.228 e. The van der Waals surface area contributed by atoms with Crippen LogP contribution >= 0.6 is 0 Å². The number of ether oxygens (including phenoxy) is 1. The van der Waals surface area contributed by atoms with E-state index >= 15 is 0 Å². The molecule has 0 aromatic carbocycles. The molecule has 7 nitrogen and oxygen atoms in total. The molecule has 0 aliphatic carbocycles. The summed E-state index contributed by atoms with van der Waals surface area (Å²) in [4.78, 5) is 27.8. The highest BCUT2D eigenvalue weighted by Crippen LogP contribution is 2.35. The van der Waals surface area contributed by atoms with Gasteiger partial charge in [-0.25, -0.2) is 9.97 Å². The molecule has 2 aliphatic heterocycles. The fraction of sp³-hybridized carbons (Fsp3) is 0.474. The lowest BCUT2D eigenvalue weighted by Gasteiger charge is -2.44. The molecular formula is C19H23N5O2. The van der Waals surface area contributed by atoms with Crippen molar-refractivity contribution in [1.82, 2.24) is 15.0 Å². The molecule has 0 bridgehead atoms. The van der Waals surface area contributed by atoms with Gasteiger partial charge in [0.15, 0.2) is 0 Å².